The molecule has 60 heavy (non-hydrogen) atoms. The maximum Gasteiger partial charge on any atom is 0.160 e. The Morgan fingerprint density at radius 3 is 1.53 bits per heavy atom. The summed E-state index contributed by atoms with van der Waals surface area (Å²) < 4.78 is 4.87. The Morgan fingerprint density at radius 2 is 0.817 bits per heavy atom. The molecule has 0 bridgehead atoms. The number of para-hydroxylation sites is 2. The fraction of sp³-hybridized carbons (Fsp3) is 0. The lowest BCUT2D eigenvalue weighted by atomic mass is 9.96. The van der Waals surface area contributed by atoms with E-state index < -0.39 is 0 Å². The van der Waals surface area contributed by atoms with E-state index in [1.165, 1.54) is 43.6 Å². The van der Waals surface area contributed by atoms with Crippen LogP contribution in [-0.2, 0) is 0 Å². The number of hydrogen-bond donors (Lipinski definition) is 0. The van der Waals surface area contributed by atoms with Gasteiger partial charge in [-0.2, -0.15) is 0 Å². The Bertz CT molecular complexity index is 3510. The summed E-state index contributed by atoms with van der Waals surface area (Å²) in [5, 5.41) is 7.11. The van der Waals surface area contributed by atoms with E-state index in [1.54, 1.807) is 0 Å². The molecule has 280 valence electrons. The van der Waals surface area contributed by atoms with Gasteiger partial charge in [0.05, 0.1) is 33.5 Å². The summed E-state index contributed by atoms with van der Waals surface area (Å²) in [5.74, 6) is 0.694. The van der Waals surface area contributed by atoms with Crippen molar-refractivity contribution in [2.45, 2.75) is 0 Å². The van der Waals surface area contributed by atoms with Crippen LogP contribution in [-0.4, -0.2) is 19.1 Å². The summed E-state index contributed by atoms with van der Waals surface area (Å²) in [5.41, 5.74) is 14.0. The van der Waals surface area contributed by atoms with E-state index in [4.69, 9.17) is 9.97 Å². The predicted octanol–water partition coefficient (Wildman–Crippen LogP) is 14.5. The van der Waals surface area contributed by atoms with Gasteiger partial charge in [-0.05, 0) is 70.4 Å². The highest BCUT2D eigenvalue weighted by molar-refractivity contribution is 6.21. The average molecular weight is 765 g/mol. The van der Waals surface area contributed by atoms with Gasteiger partial charge in [0.2, 0.25) is 0 Å². The molecule has 12 rings (SSSR count). The SMILES string of the molecule is c1ccc(-c2ccc(-n3c4ccccc4c4ccc(-n5c6ccccc6c6cc7ccccc7c(-c7cc(-c8ccccc8)nc(-c8ccccc8)n7)c65)cc43)cc2)cc1. The van der Waals surface area contributed by atoms with Gasteiger partial charge in [0.25, 0.3) is 0 Å². The van der Waals surface area contributed by atoms with Crippen LogP contribution in [0.15, 0.2) is 218 Å². The van der Waals surface area contributed by atoms with Crippen LogP contribution in [0.25, 0.3) is 111 Å². The van der Waals surface area contributed by atoms with E-state index in [0.717, 1.165) is 61.4 Å². The Morgan fingerprint density at radius 1 is 0.300 bits per heavy atom. The molecule has 0 saturated carbocycles. The van der Waals surface area contributed by atoms with Crippen molar-refractivity contribution >= 4 is 54.4 Å². The predicted molar refractivity (Wildman–Crippen MR) is 250 cm³/mol. The second kappa shape index (κ2) is 13.8. The third-order valence-electron chi connectivity index (χ3n) is 11.9. The van der Waals surface area contributed by atoms with Crippen LogP contribution in [0.5, 0.6) is 0 Å². The second-order valence-corrected chi connectivity index (χ2v) is 15.4. The number of fused-ring (bicyclic) bond motifs is 7. The van der Waals surface area contributed by atoms with Crippen molar-refractivity contribution in [1.82, 2.24) is 19.1 Å². The van der Waals surface area contributed by atoms with Gasteiger partial charge in [-0.3, -0.25) is 0 Å². The Labute approximate surface area is 346 Å². The molecule has 0 amide bonds. The summed E-state index contributed by atoms with van der Waals surface area (Å²) in [6.45, 7) is 0. The molecule has 0 fully saturated rings. The smallest absolute Gasteiger partial charge is 0.160 e. The monoisotopic (exact) mass is 764 g/mol. The summed E-state index contributed by atoms with van der Waals surface area (Å²) in [6.07, 6.45) is 0. The molecular formula is C56H36N4. The van der Waals surface area contributed by atoms with Gasteiger partial charge < -0.3 is 9.13 Å². The number of nitrogens with zero attached hydrogens (tertiary/aromatic N) is 4. The van der Waals surface area contributed by atoms with Crippen molar-refractivity contribution in [2.75, 3.05) is 0 Å². The summed E-state index contributed by atoms with van der Waals surface area (Å²) in [4.78, 5) is 10.6. The topological polar surface area (TPSA) is 35.6 Å². The first-order valence-electron chi connectivity index (χ1n) is 20.4. The average Bonchev–Trinajstić information content (AvgIpc) is 3.83. The van der Waals surface area contributed by atoms with E-state index in [-0.39, 0.29) is 0 Å². The van der Waals surface area contributed by atoms with Gasteiger partial charge in [-0.15, -0.1) is 0 Å². The van der Waals surface area contributed by atoms with Crippen LogP contribution in [0, 0.1) is 0 Å². The highest BCUT2D eigenvalue weighted by Crippen LogP contribution is 2.44. The van der Waals surface area contributed by atoms with Gasteiger partial charge in [-0.1, -0.05) is 170 Å². The van der Waals surface area contributed by atoms with Gasteiger partial charge in [-0.25, -0.2) is 9.97 Å². The van der Waals surface area contributed by atoms with Crippen molar-refractivity contribution in [3.05, 3.63) is 218 Å². The number of hydrogen-bond acceptors (Lipinski definition) is 2. The van der Waals surface area contributed by atoms with Gasteiger partial charge in [0.15, 0.2) is 5.82 Å². The van der Waals surface area contributed by atoms with Crippen LogP contribution in [0.4, 0.5) is 0 Å². The molecule has 9 aromatic carbocycles. The fourth-order valence-corrected chi connectivity index (χ4v) is 9.18. The summed E-state index contributed by atoms with van der Waals surface area (Å²) in [6, 6.07) is 78.0. The first-order chi connectivity index (χ1) is 29.8. The van der Waals surface area contributed by atoms with Gasteiger partial charge in [0.1, 0.15) is 0 Å². The molecular weight excluding hydrogens is 729 g/mol. The highest BCUT2D eigenvalue weighted by atomic mass is 15.0. The largest absolute Gasteiger partial charge is 0.309 e. The van der Waals surface area contributed by atoms with Gasteiger partial charge in [0, 0.05) is 49.6 Å². The van der Waals surface area contributed by atoms with Crippen LogP contribution < -0.4 is 0 Å². The molecule has 3 aromatic heterocycles. The zero-order chi connectivity index (χ0) is 39.6. The standard InChI is InChI=1S/C56H36N4/c1-4-16-37(17-5-1)38-28-30-42(31-29-38)59-51-26-14-12-24-45(51)47-33-32-43(35-53(47)59)60-52-27-15-13-25-46(52)48-34-41-22-10-11-23-44(41)54(55(48)60)50-36-49(39-18-6-2-7-19-39)57-56(58-50)40-20-8-3-9-21-40/h1-36H. The molecule has 0 aliphatic rings. The molecule has 0 N–H and O–H groups in total. The van der Waals surface area contributed by atoms with Crippen molar-refractivity contribution in [3.63, 3.8) is 0 Å². The lowest BCUT2D eigenvalue weighted by Gasteiger charge is -2.16. The molecule has 0 spiro atoms. The number of aromatic nitrogens is 4. The fourth-order valence-electron chi connectivity index (χ4n) is 9.18. The molecule has 0 unspecified atom stereocenters. The van der Waals surface area contributed by atoms with Crippen LogP contribution in [0.3, 0.4) is 0 Å². The zero-order valence-corrected chi connectivity index (χ0v) is 32.6. The third kappa shape index (κ3) is 5.46. The minimum atomic E-state index is 0.694. The third-order valence-corrected chi connectivity index (χ3v) is 11.9. The normalized spacial score (nSPS) is 11.7. The van der Waals surface area contributed by atoms with Crippen molar-refractivity contribution < 1.29 is 0 Å². The lowest BCUT2D eigenvalue weighted by Crippen LogP contribution is -2.00. The molecule has 0 saturated heterocycles. The maximum atomic E-state index is 5.44. The molecule has 0 radical (unpaired) electrons. The molecule has 4 nitrogen and oxygen atoms in total. The van der Waals surface area contributed by atoms with E-state index >= 15 is 0 Å². The van der Waals surface area contributed by atoms with Crippen LogP contribution in [0.2, 0.25) is 0 Å². The molecule has 0 aliphatic heterocycles. The quantitative estimate of drug-likeness (QED) is 0.169. The maximum absolute atomic E-state index is 5.44. The molecule has 0 atom stereocenters. The first kappa shape index (κ1) is 34.0. The molecule has 4 heteroatoms. The molecule has 0 aliphatic carbocycles. The van der Waals surface area contributed by atoms with E-state index in [0.29, 0.717) is 5.82 Å². The second-order valence-electron chi connectivity index (χ2n) is 15.4. The Balaban J connectivity index is 1.16. The van der Waals surface area contributed by atoms with E-state index in [9.17, 15) is 0 Å². The van der Waals surface area contributed by atoms with Crippen molar-refractivity contribution in [2.24, 2.45) is 0 Å². The summed E-state index contributed by atoms with van der Waals surface area (Å²) in [7, 11) is 0. The summed E-state index contributed by atoms with van der Waals surface area (Å²) >= 11 is 0. The molecule has 3 heterocycles. The number of rotatable bonds is 6. The van der Waals surface area contributed by atoms with Crippen LogP contribution in [0.1, 0.15) is 0 Å². The number of benzene rings is 9. The van der Waals surface area contributed by atoms with Crippen LogP contribution >= 0.6 is 0 Å². The van der Waals surface area contributed by atoms with Crippen molar-refractivity contribution in [1.29, 1.82) is 0 Å². The molecule has 12 aromatic rings. The Hall–Kier alpha value is -8.08. The minimum Gasteiger partial charge on any atom is -0.309 e. The Kier molecular flexibility index (Phi) is 7.82. The van der Waals surface area contributed by atoms with Crippen molar-refractivity contribution in [3.8, 4) is 56.4 Å². The first-order valence-corrected chi connectivity index (χ1v) is 20.4. The minimum absolute atomic E-state index is 0.694. The highest BCUT2D eigenvalue weighted by Gasteiger charge is 2.23. The zero-order valence-electron chi connectivity index (χ0n) is 32.6. The van der Waals surface area contributed by atoms with Gasteiger partial charge >= 0.3 is 0 Å². The van der Waals surface area contributed by atoms with E-state index in [1.807, 2.05) is 12.1 Å². The lowest BCUT2D eigenvalue weighted by molar-refractivity contribution is 1.15. The van der Waals surface area contributed by atoms with E-state index in [2.05, 4.69) is 215 Å².